The van der Waals surface area contributed by atoms with E-state index in [-0.39, 0.29) is 23.5 Å². The van der Waals surface area contributed by atoms with Gasteiger partial charge in [-0.1, -0.05) is 55.8 Å². The van der Waals surface area contributed by atoms with Gasteiger partial charge in [-0.2, -0.15) is 0 Å². The van der Waals surface area contributed by atoms with Crippen LogP contribution in [0, 0.1) is 28.6 Å². The number of Topliss-reactive ketones (excluding diaryl/α,β-unsaturated/α-hetero) is 1. The summed E-state index contributed by atoms with van der Waals surface area (Å²) in [5.74, 6) is -0.408. The van der Waals surface area contributed by atoms with Crippen LogP contribution in [0.25, 0.3) is 11.1 Å². The number of nitrogen functional groups attached to an aromatic ring is 1. The van der Waals surface area contributed by atoms with E-state index in [2.05, 4.69) is 13.8 Å². The zero-order valence-corrected chi connectivity index (χ0v) is 23.6. The molecule has 7 nitrogen and oxygen atoms in total. The summed E-state index contributed by atoms with van der Waals surface area (Å²) in [5, 5.41) is 33.0. The van der Waals surface area contributed by atoms with Crippen LogP contribution in [0.3, 0.4) is 0 Å². The Hall–Kier alpha value is -3.10. The fourth-order valence-electron chi connectivity index (χ4n) is 8.82. The van der Waals surface area contributed by atoms with Gasteiger partial charge in [-0.15, -0.1) is 0 Å². The molecule has 0 saturated heterocycles. The maximum Gasteiger partial charge on any atom is 0.190 e. The molecule has 6 rings (SSSR count). The molecule has 8 atom stereocenters. The van der Waals surface area contributed by atoms with Gasteiger partial charge in [-0.05, 0) is 90.8 Å². The molecule has 3 fully saturated rings. The first-order chi connectivity index (χ1) is 19.5. The maximum atomic E-state index is 13.5. The number of nitrogens with two attached hydrogens (primary N) is 1. The molecule has 3 saturated carbocycles. The molecule has 0 radical (unpaired) electrons. The molecular formula is C34H39NO6. The first kappa shape index (κ1) is 28.0. The Morgan fingerprint density at radius 2 is 1.85 bits per heavy atom. The number of carbonyl (C=O) groups excluding carboxylic acids is 2. The van der Waals surface area contributed by atoms with E-state index >= 15 is 0 Å². The summed E-state index contributed by atoms with van der Waals surface area (Å²) in [7, 11) is 0. The Labute approximate surface area is 240 Å². The van der Waals surface area contributed by atoms with Crippen molar-refractivity contribution in [1.82, 2.24) is 0 Å². The molecule has 4 aliphatic rings. The van der Waals surface area contributed by atoms with Crippen LogP contribution < -0.4 is 5.73 Å². The smallest absolute Gasteiger partial charge is 0.190 e. The molecule has 0 aromatic heterocycles. The molecule has 41 heavy (non-hydrogen) atoms. The molecule has 0 amide bonds. The lowest BCUT2D eigenvalue weighted by Gasteiger charge is -2.57. The second-order valence-electron chi connectivity index (χ2n) is 13.1. The van der Waals surface area contributed by atoms with Crippen molar-refractivity contribution in [2.45, 2.75) is 63.9 Å². The van der Waals surface area contributed by atoms with E-state index < -0.39 is 41.2 Å². The third kappa shape index (κ3) is 4.59. The Kier molecular flexibility index (Phi) is 6.85. The van der Waals surface area contributed by atoms with Crippen molar-refractivity contribution in [1.29, 1.82) is 0 Å². The van der Waals surface area contributed by atoms with Crippen molar-refractivity contribution in [3.8, 4) is 11.1 Å². The van der Waals surface area contributed by atoms with Gasteiger partial charge >= 0.3 is 0 Å². The summed E-state index contributed by atoms with van der Waals surface area (Å²) in [6.45, 7) is 3.53. The maximum absolute atomic E-state index is 13.5. The fourth-order valence-corrected chi connectivity index (χ4v) is 8.82. The molecule has 0 spiro atoms. The number of hydrogen-bond donors (Lipinski definition) is 4. The Morgan fingerprint density at radius 1 is 1.12 bits per heavy atom. The molecule has 2 aromatic carbocycles. The van der Waals surface area contributed by atoms with Crippen molar-refractivity contribution in [2.75, 3.05) is 12.3 Å². The minimum atomic E-state index is -1.39. The molecule has 216 valence electrons. The summed E-state index contributed by atoms with van der Waals surface area (Å²) >= 11 is 0. The predicted octanol–water partition coefficient (Wildman–Crippen LogP) is 4.52. The van der Waals surface area contributed by atoms with E-state index in [4.69, 9.17) is 10.5 Å². The number of fused-ring (bicyclic) bond motifs is 5. The average molecular weight is 558 g/mol. The molecule has 4 aliphatic carbocycles. The number of anilines is 1. The van der Waals surface area contributed by atoms with Gasteiger partial charge in [-0.3, -0.25) is 9.59 Å². The topological polar surface area (TPSA) is 130 Å². The highest BCUT2D eigenvalue weighted by molar-refractivity contribution is 6.01. The fraction of sp³-hybridized carbons (Fsp3) is 0.471. The first-order valence-electron chi connectivity index (χ1n) is 14.6. The summed E-state index contributed by atoms with van der Waals surface area (Å²) in [4.78, 5) is 25.6. The van der Waals surface area contributed by atoms with Crippen LogP contribution in [-0.2, 0) is 14.3 Å². The number of aliphatic hydroxyl groups excluding tert-OH is 3. The van der Waals surface area contributed by atoms with Gasteiger partial charge in [0.1, 0.15) is 12.2 Å². The highest BCUT2D eigenvalue weighted by Gasteiger charge is 2.65. The summed E-state index contributed by atoms with van der Waals surface area (Å²) in [5.41, 5.74) is 7.71. The highest BCUT2D eigenvalue weighted by atomic mass is 16.6. The van der Waals surface area contributed by atoms with Gasteiger partial charge in [-0.25, -0.2) is 0 Å². The molecule has 7 heteroatoms. The lowest BCUT2D eigenvalue weighted by molar-refractivity contribution is -0.198. The lowest BCUT2D eigenvalue weighted by atomic mass is 9.47. The number of benzene rings is 2. The molecule has 2 unspecified atom stereocenters. The number of aliphatic hydroxyl groups is 3. The van der Waals surface area contributed by atoms with Gasteiger partial charge in [0.05, 0.1) is 6.10 Å². The number of allylic oxidation sites excluding steroid dienone is 4. The first-order valence-corrected chi connectivity index (χ1v) is 14.6. The zero-order chi connectivity index (χ0) is 29.2. The summed E-state index contributed by atoms with van der Waals surface area (Å²) < 4.78 is 6.34. The van der Waals surface area contributed by atoms with E-state index in [9.17, 15) is 24.9 Å². The van der Waals surface area contributed by atoms with Crippen LogP contribution in [-0.4, -0.2) is 45.2 Å². The Bertz CT molecular complexity index is 1450. The average Bonchev–Trinajstić information content (AvgIpc) is 3.25. The standard InChI is InChI=1S/C34H39NO6/c1-32-17-28(38)30-26(10-9-23-15-25(37)11-12-33(23,30)2)27(32)16-34(19-32,29(39)18-36)41-31(40)22-7-3-5-20(13-22)21-6-4-8-24(35)14-21/h3-8,11-15,26-28,30-31,36,38,40H,9-10,16-19,35H2,1-2H3/t26-,27?,28-,30?,31+,32+,33-,34+/m0/s1. The van der Waals surface area contributed by atoms with Crippen LogP contribution >= 0.6 is 0 Å². The van der Waals surface area contributed by atoms with Gasteiger partial charge in [0.2, 0.25) is 0 Å². The third-order valence-corrected chi connectivity index (χ3v) is 10.6. The summed E-state index contributed by atoms with van der Waals surface area (Å²) in [6, 6.07) is 14.8. The van der Waals surface area contributed by atoms with Crippen molar-refractivity contribution in [3.63, 3.8) is 0 Å². The Balaban J connectivity index is 1.31. The normalized spacial score (nSPS) is 36.6. The molecule has 0 heterocycles. The molecule has 5 N–H and O–H groups in total. The van der Waals surface area contributed by atoms with Crippen molar-refractivity contribution in [2.24, 2.45) is 28.6 Å². The largest absolute Gasteiger partial charge is 0.399 e. The second-order valence-corrected chi connectivity index (χ2v) is 13.1. The van der Waals surface area contributed by atoms with Crippen molar-refractivity contribution >= 4 is 17.3 Å². The van der Waals surface area contributed by atoms with Gasteiger partial charge in [0, 0.05) is 22.6 Å². The zero-order valence-electron chi connectivity index (χ0n) is 23.6. The summed E-state index contributed by atoms with van der Waals surface area (Å²) in [6.07, 6.45) is 6.00. The minimum Gasteiger partial charge on any atom is -0.399 e. The number of ether oxygens (including phenoxy) is 1. The van der Waals surface area contributed by atoms with Crippen molar-refractivity contribution in [3.05, 3.63) is 77.9 Å². The molecule has 2 aromatic rings. The van der Waals surface area contributed by atoms with E-state index in [1.807, 2.05) is 48.5 Å². The molecule has 0 aliphatic heterocycles. The van der Waals surface area contributed by atoms with Crippen LogP contribution in [0.2, 0.25) is 0 Å². The van der Waals surface area contributed by atoms with Crippen LogP contribution in [0.4, 0.5) is 5.69 Å². The van der Waals surface area contributed by atoms with Gasteiger partial charge in [0.15, 0.2) is 17.9 Å². The SMILES string of the molecule is C[C@]12C[C@H](O)C3[C@@H](CCC4=CC(=O)C=C[C@@]43C)C1C[C@](O[C@@H](O)c1cccc(-c3cccc(N)c3)c1)(C(=O)CO)C2. The lowest BCUT2D eigenvalue weighted by Crippen LogP contribution is -2.54. The molecular weight excluding hydrogens is 518 g/mol. The van der Waals surface area contributed by atoms with Gasteiger partial charge < -0.3 is 25.8 Å². The van der Waals surface area contributed by atoms with E-state index in [1.54, 1.807) is 18.2 Å². The number of ketones is 2. The highest BCUT2D eigenvalue weighted by Crippen LogP contribution is 2.67. The quantitative estimate of drug-likeness (QED) is 0.303. The van der Waals surface area contributed by atoms with Crippen LogP contribution in [0.15, 0.2) is 72.3 Å². The van der Waals surface area contributed by atoms with Crippen LogP contribution in [0.1, 0.15) is 57.8 Å². The van der Waals surface area contributed by atoms with E-state index in [0.717, 1.165) is 29.5 Å². The van der Waals surface area contributed by atoms with Crippen LogP contribution in [0.5, 0.6) is 0 Å². The monoisotopic (exact) mass is 557 g/mol. The number of hydrogen-bond acceptors (Lipinski definition) is 7. The van der Waals surface area contributed by atoms with Crippen molar-refractivity contribution < 1.29 is 29.6 Å². The number of rotatable bonds is 6. The van der Waals surface area contributed by atoms with E-state index in [1.165, 1.54) is 0 Å². The predicted molar refractivity (Wildman–Crippen MR) is 155 cm³/mol. The van der Waals surface area contributed by atoms with E-state index in [0.29, 0.717) is 30.5 Å². The second kappa shape index (κ2) is 10.0. The minimum absolute atomic E-state index is 0.0123. The number of carbonyl (C=O) groups is 2. The Morgan fingerprint density at radius 3 is 2.59 bits per heavy atom. The molecule has 0 bridgehead atoms. The third-order valence-electron chi connectivity index (χ3n) is 10.6. The van der Waals surface area contributed by atoms with Gasteiger partial charge in [0.25, 0.3) is 0 Å².